The van der Waals surface area contributed by atoms with Crippen LogP contribution in [0.4, 0.5) is 0 Å². The number of hydrogen-bond donors (Lipinski definition) is 0. The van der Waals surface area contributed by atoms with Gasteiger partial charge in [0.1, 0.15) is 5.58 Å². The van der Waals surface area contributed by atoms with Crippen molar-refractivity contribution in [1.82, 2.24) is 19.5 Å². The van der Waals surface area contributed by atoms with Gasteiger partial charge in [0, 0.05) is 48.5 Å². The minimum atomic E-state index is -1.37. The summed E-state index contributed by atoms with van der Waals surface area (Å²) in [7, 11) is -1.37. The van der Waals surface area contributed by atoms with Crippen molar-refractivity contribution < 1.29 is 24.5 Å². The molecule has 0 atom stereocenters. The van der Waals surface area contributed by atoms with Crippen LogP contribution in [-0.2, 0) is 31.9 Å². The number of benzene rings is 5. The average Bonchev–Trinajstić information content (AvgIpc) is 3.84. The summed E-state index contributed by atoms with van der Waals surface area (Å²) in [6.45, 7) is 29.8. The van der Waals surface area contributed by atoms with Crippen LogP contribution in [0.5, 0.6) is 0 Å². The number of para-hydroxylation sites is 1. The van der Waals surface area contributed by atoms with E-state index in [9.17, 15) is 0 Å². The van der Waals surface area contributed by atoms with Crippen molar-refractivity contribution in [3.05, 3.63) is 162 Å². The molecule has 0 unspecified atom stereocenters. The first-order valence-corrected chi connectivity index (χ1v) is 26.7. The van der Waals surface area contributed by atoms with Gasteiger partial charge in [0.25, 0.3) is 0 Å². The molecule has 0 saturated heterocycles. The Hall–Kier alpha value is -5.46. The van der Waals surface area contributed by atoms with Crippen LogP contribution in [0, 0.1) is 17.5 Å². The summed E-state index contributed by atoms with van der Waals surface area (Å²) in [6, 6.07) is 47.0. The second-order valence-electron chi connectivity index (χ2n) is 21.4. The monoisotopic (exact) mass is 1070 g/mol. The number of hydrogen-bond acceptors (Lipinski definition) is 4. The summed E-state index contributed by atoms with van der Waals surface area (Å²) >= 11 is 0. The zero-order valence-electron chi connectivity index (χ0n) is 41.0. The maximum Gasteiger partial charge on any atom is 0.120 e. The Labute approximate surface area is 407 Å². The van der Waals surface area contributed by atoms with E-state index < -0.39 is 8.07 Å². The fraction of sp³-hybridized carbons (Fsp3) is 0.305. The zero-order valence-corrected chi connectivity index (χ0v) is 44.4. The molecule has 0 saturated carbocycles. The van der Waals surface area contributed by atoms with Crippen molar-refractivity contribution in [3.8, 4) is 39.5 Å². The predicted octanol–water partition coefficient (Wildman–Crippen LogP) is 15.7. The van der Waals surface area contributed by atoms with Crippen molar-refractivity contribution >= 4 is 46.2 Å². The largest absolute Gasteiger partial charge is 0.501 e. The predicted molar refractivity (Wildman–Crippen MR) is 277 cm³/mol. The smallest absolute Gasteiger partial charge is 0.120 e. The fourth-order valence-electron chi connectivity index (χ4n) is 8.84. The molecule has 7 heteroatoms. The van der Waals surface area contributed by atoms with Gasteiger partial charge in [0.05, 0.1) is 36.7 Å². The Morgan fingerprint density at radius 2 is 1.35 bits per heavy atom. The molecule has 9 aromatic rings. The van der Waals surface area contributed by atoms with Gasteiger partial charge in [-0.3, -0.25) is 9.97 Å². The van der Waals surface area contributed by atoms with Crippen LogP contribution in [0.2, 0.25) is 19.6 Å². The molecule has 341 valence electrons. The van der Waals surface area contributed by atoms with E-state index in [0.29, 0.717) is 0 Å². The van der Waals surface area contributed by atoms with Gasteiger partial charge >= 0.3 is 0 Å². The molecule has 0 N–H and O–H groups in total. The molecular weight excluding hydrogens is 1000 g/mol. The van der Waals surface area contributed by atoms with E-state index in [1.165, 1.54) is 38.7 Å². The molecule has 5 nitrogen and oxygen atoms in total. The summed E-state index contributed by atoms with van der Waals surface area (Å²) in [4.78, 5) is 15.1. The van der Waals surface area contributed by atoms with Crippen LogP contribution < -0.4 is 5.19 Å². The molecule has 0 aliphatic carbocycles. The second-order valence-corrected chi connectivity index (χ2v) is 26.5. The van der Waals surface area contributed by atoms with Gasteiger partial charge in [-0.1, -0.05) is 160 Å². The van der Waals surface area contributed by atoms with Gasteiger partial charge < -0.3 is 14.0 Å². The maximum atomic E-state index is 6.53. The minimum Gasteiger partial charge on any atom is -0.501 e. The molecule has 4 aromatic heterocycles. The molecule has 0 spiro atoms. The zero-order chi connectivity index (χ0) is 46.4. The van der Waals surface area contributed by atoms with Crippen LogP contribution in [0.15, 0.2) is 132 Å². The van der Waals surface area contributed by atoms with Crippen molar-refractivity contribution in [2.45, 2.75) is 113 Å². The van der Waals surface area contributed by atoms with Gasteiger partial charge in [-0.25, -0.2) is 0 Å². The number of fused-ring (bicyclic) bond motifs is 4. The van der Waals surface area contributed by atoms with E-state index in [1.807, 2.05) is 42.6 Å². The fourth-order valence-corrected chi connectivity index (χ4v) is 10.4. The Kier molecular flexibility index (Phi) is 14.0. The Balaban J connectivity index is 0.000000249. The van der Waals surface area contributed by atoms with Gasteiger partial charge in [-0.2, -0.15) is 0 Å². The van der Waals surface area contributed by atoms with Crippen molar-refractivity contribution in [2.75, 3.05) is 0 Å². The molecule has 66 heavy (non-hydrogen) atoms. The van der Waals surface area contributed by atoms with E-state index in [1.54, 1.807) is 0 Å². The third kappa shape index (κ3) is 10.1. The summed E-state index contributed by atoms with van der Waals surface area (Å²) < 4.78 is 8.86. The standard InChI is InChI=1S/C40H38N3O.C19H26NSi.Ir/c1-24(2)31-20-27(26-14-9-8-10-15-26)21-32(25(3)4)37(31)43-34-23-41-36(40(5,6)7)22-33(34)42-39(43)30-18-13-17-29-28-16-11-12-19-35(28)44-38(29)30;1-19(2,3)13-16-12-17(15-10-8-7-9-11-15)20-14-18(16)21(4,5)6;/h8-17,19-25H,1-7H3;7-10,12,14H,13H2,1-6H3;/q2*-1;. The van der Waals surface area contributed by atoms with Gasteiger partial charge in [-0.15, -0.1) is 54.1 Å². The second kappa shape index (κ2) is 19.0. The number of nitrogens with zero attached hydrogens (tertiary/aromatic N) is 4. The molecule has 0 aliphatic rings. The number of rotatable bonds is 8. The van der Waals surface area contributed by atoms with Crippen molar-refractivity contribution in [1.29, 1.82) is 0 Å². The number of furan rings is 1. The topological polar surface area (TPSA) is 56.7 Å². The summed E-state index contributed by atoms with van der Waals surface area (Å²) in [6.07, 6.45) is 5.21. The van der Waals surface area contributed by atoms with E-state index in [2.05, 4.69) is 191 Å². The first-order chi connectivity index (χ1) is 30.8. The SMILES string of the molecule is CC(C)(C)Cc1cc(-c2[c-]cccc2)ncc1[Si](C)(C)C.CC(C)c1cc(-c2ccccc2)cc(C(C)C)c1-n1c(-c2[c-]ccc3c2oc2ccccc23)nc2cc(C(C)(C)C)ncc21.[Ir]. The Morgan fingerprint density at radius 3 is 1.97 bits per heavy atom. The molecule has 0 bridgehead atoms. The van der Waals surface area contributed by atoms with Crippen LogP contribution in [-0.4, -0.2) is 27.6 Å². The first kappa shape index (κ1) is 48.5. The van der Waals surface area contributed by atoms with Crippen LogP contribution in [0.3, 0.4) is 0 Å². The average molecular weight is 1070 g/mol. The Morgan fingerprint density at radius 1 is 0.682 bits per heavy atom. The minimum absolute atomic E-state index is 0. The van der Waals surface area contributed by atoms with Crippen LogP contribution in [0.1, 0.15) is 103 Å². The molecule has 0 aliphatic heterocycles. The molecule has 9 rings (SSSR count). The van der Waals surface area contributed by atoms with Gasteiger partial charge in [-0.05, 0) is 81.1 Å². The molecule has 0 amide bonds. The third-order valence-corrected chi connectivity index (χ3v) is 14.2. The molecule has 5 aromatic carbocycles. The molecule has 4 heterocycles. The quantitative estimate of drug-likeness (QED) is 0.112. The normalized spacial score (nSPS) is 12.2. The van der Waals surface area contributed by atoms with Crippen LogP contribution >= 0.6 is 0 Å². The summed E-state index contributed by atoms with van der Waals surface area (Å²) in [5, 5.41) is 3.64. The van der Waals surface area contributed by atoms with E-state index in [-0.39, 0.29) is 42.8 Å². The molecular formula is C59H64IrN4OSi-2. The van der Waals surface area contributed by atoms with Gasteiger partial charge in [0.15, 0.2) is 0 Å². The maximum absolute atomic E-state index is 6.53. The van der Waals surface area contributed by atoms with E-state index in [4.69, 9.17) is 19.4 Å². The molecule has 0 fully saturated rings. The Bertz CT molecular complexity index is 3100. The molecule has 1 radical (unpaired) electrons. The van der Waals surface area contributed by atoms with Gasteiger partial charge in [0.2, 0.25) is 0 Å². The first-order valence-electron chi connectivity index (χ1n) is 23.2. The van der Waals surface area contributed by atoms with Crippen LogP contribution in [0.25, 0.3) is 72.4 Å². The number of pyridine rings is 2. The number of aromatic nitrogens is 4. The summed E-state index contributed by atoms with van der Waals surface area (Å²) in [5.41, 5.74) is 15.3. The third-order valence-electron chi connectivity index (χ3n) is 12.1. The van der Waals surface area contributed by atoms with E-state index in [0.717, 1.165) is 67.7 Å². The van der Waals surface area contributed by atoms with Crippen molar-refractivity contribution in [3.63, 3.8) is 0 Å². The van der Waals surface area contributed by atoms with Crippen molar-refractivity contribution in [2.24, 2.45) is 5.41 Å². The van der Waals surface area contributed by atoms with E-state index >= 15 is 0 Å². The summed E-state index contributed by atoms with van der Waals surface area (Å²) in [5.74, 6) is 1.35. The number of imidazole rings is 1.